The minimum Gasteiger partial charge on any atom is -0.376 e. The van der Waals surface area contributed by atoms with Gasteiger partial charge in [-0.25, -0.2) is 0 Å². The molecule has 35 heavy (non-hydrogen) atoms. The lowest BCUT2D eigenvalue weighted by atomic mass is 9.97. The number of piperazine rings is 1. The van der Waals surface area contributed by atoms with Gasteiger partial charge in [0.1, 0.15) is 5.75 Å². The molecule has 0 aromatic heterocycles. The summed E-state index contributed by atoms with van der Waals surface area (Å²) in [6.07, 6.45) is 6.17. The van der Waals surface area contributed by atoms with E-state index in [2.05, 4.69) is 52.1 Å². The Morgan fingerprint density at radius 1 is 0.943 bits per heavy atom. The zero-order valence-electron chi connectivity index (χ0n) is 20.4. The number of unbranched alkanes of at least 4 members (excludes halogenated alkanes) is 1. The van der Waals surface area contributed by atoms with E-state index in [-0.39, 0.29) is 5.75 Å². The van der Waals surface area contributed by atoms with E-state index in [1.54, 1.807) is 12.1 Å². The minimum atomic E-state index is -5.65. The zero-order chi connectivity index (χ0) is 25.5. The van der Waals surface area contributed by atoms with Gasteiger partial charge in [0.2, 0.25) is 0 Å². The van der Waals surface area contributed by atoms with Crippen LogP contribution in [0.1, 0.15) is 56.6 Å². The number of hydrogen-bond acceptors (Lipinski definition) is 5. The quantitative estimate of drug-likeness (QED) is 0.338. The molecule has 0 N–H and O–H groups in total. The lowest BCUT2D eigenvalue weighted by Crippen LogP contribution is -2.46. The van der Waals surface area contributed by atoms with Crippen LogP contribution in [0.15, 0.2) is 48.5 Å². The van der Waals surface area contributed by atoms with Crippen molar-refractivity contribution in [2.75, 3.05) is 37.6 Å². The van der Waals surface area contributed by atoms with Gasteiger partial charge in [0, 0.05) is 31.9 Å². The van der Waals surface area contributed by atoms with Crippen LogP contribution in [0.5, 0.6) is 5.75 Å². The molecule has 0 bridgehead atoms. The van der Waals surface area contributed by atoms with Gasteiger partial charge in [0.05, 0.1) is 0 Å². The molecule has 0 amide bonds. The first-order valence-electron chi connectivity index (χ1n) is 12.3. The van der Waals surface area contributed by atoms with E-state index >= 15 is 0 Å². The van der Waals surface area contributed by atoms with Crippen molar-refractivity contribution in [2.45, 2.75) is 57.4 Å². The Kier molecular flexibility index (Phi) is 9.47. The second-order valence-corrected chi connectivity index (χ2v) is 10.6. The van der Waals surface area contributed by atoms with Crippen LogP contribution in [0.25, 0.3) is 0 Å². The first kappa shape index (κ1) is 27.3. The maximum absolute atomic E-state index is 12.4. The average molecular weight is 513 g/mol. The molecule has 194 valence electrons. The van der Waals surface area contributed by atoms with Gasteiger partial charge in [-0.1, -0.05) is 51.0 Å². The van der Waals surface area contributed by atoms with Crippen molar-refractivity contribution in [3.8, 4) is 5.75 Å². The van der Waals surface area contributed by atoms with Crippen LogP contribution in [0, 0.1) is 0 Å². The number of aryl methyl sites for hydroxylation is 1. The van der Waals surface area contributed by atoms with Crippen molar-refractivity contribution >= 4 is 15.8 Å². The van der Waals surface area contributed by atoms with Gasteiger partial charge in [0.25, 0.3) is 0 Å². The summed E-state index contributed by atoms with van der Waals surface area (Å²) in [6.45, 7) is 8.85. The average Bonchev–Trinajstić information content (AvgIpc) is 3.26. The molecule has 1 unspecified atom stereocenters. The van der Waals surface area contributed by atoms with Crippen LogP contribution in [0.4, 0.5) is 18.9 Å². The Labute approximate surface area is 207 Å². The number of fused-ring (bicyclic) bond motifs is 1. The summed E-state index contributed by atoms with van der Waals surface area (Å²) in [5.41, 5.74) is -1.63. The van der Waals surface area contributed by atoms with Gasteiger partial charge >= 0.3 is 15.6 Å². The standard InChI is InChI=1S/C22H25F3N2O3S.C4H10/c23-22(24,25)31(28,29)30-20-9-7-19(8-10-20)27-15-13-26(14-16-27)12-11-18-6-5-17-3-1-2-4-21(17)18;1-3-4-2/h1-4,7-10,18H,5-6,11-16H2;3-4H2,1-2H3. The Bertz CT molecular complexity index is 1030. The number of alkyl halides is 3. The molecule has 0 spiro atoms. The highest BCUT2D eigenvalue weighted by atomic mass is 32.2. The maximum Gasteiger partial charge on any atom is 0.534 e. The molecule has 0 radical (unpaired) electrons. The molecule has 0 saturated carbocycles. The number of hydrogen-bond donors (Lipinski definition) is 0. The molecular formula is C26H35F3N2O3S. The molecule has 2 aromatic carbocycles. The molecule has 9 heteroatoms. The third-order valence-corrected chi connectivity index (χ3v) is 7.59. The molecule has 2 aliphatic rings. The van der Waals surface area contributed by atoms with Crippen LogP contribution < -0.4 is 9.08 Å². The molecule has 1 heterocycles. The van der Waals surface area contributed by atoms with Gasteiger partial charge in [-0.3, -0.25) is 4.90 Å². The van der Waals surface area contributed by atoms with E-state index in [9.17, 15) is 21.6 Å². The van der Waals surface area contributed by atoms with Gasteiger partial charge < -0.3 is 9.08 Å². The summed E-state index contributed by atoms with van der Waals surface area (Å²) in [4.78, 5) is 4.59. The van der Waals surface area contributed by atoms with E-state index in [0.717, 1.165) is 44.8 Å². The molecule has 5 nitrogen and oxygen atoms in total. The highest BCUT2D eigenvalue weighted by molar-refractivity contribution is 7.88. The van der Waals surface area contributed by atoms with Crippen molar-refractivity contribution in [3.63, 3.8) is 0 Å². The maximum atomic E-state index is 12.4. The highest BCUT2D eigenvalue weighted by Gasteiger charge is 2.48. The molecule has 2 aromatic rings. The summed E-state index contributed by atoms with van der Waals surface area (Å²) >= 11 is 0. The van der Waals surface area contributed by atoms with Crippen molar-refractivity contribution in [1.29, 1.82) is 0 Å². The highest BCUT2D eigenvalue weighted by Crippen LogP contribution is 2.35. The second-order valence-electron chi connectivity index (χ2n) is 9.03. The van der Waals surface area contributed by atoms with Crippen LogP contribution in [0.3, 0.4) is 0 Å². The summed E-state index contributed by atoms with van der Waals surface area (Å²) < 4.78 is 63.7. The monoisotopic (exact) mass is 512 g/mol. The number of rotatable bonds is 7. The summed E-state index contributed by atoms with van der Waals surface area (Å²) in [7, 11) is -5.65. The van der Waals surface area contributed by atoms with Gasteiger partial charge in [-0.05, 0) is 67.1 Å². The lowest BCUT2D eigenvalue weighted by Gasteiger charge is -2.36. The van der Waals surface area contributed by atoms with Crippen LogP contribution in [0.2, 0.25) is 0 Å². The van der Waals surface area contributed by atoms with Gasteiger partial charge in [-0.15, -0.1) is 0 Å². The predicted molar refractivity (Wildman–Crippen MR) is 133 cm³/mol. The molecule has 1 saturated heterocycles. The summed E-state index contributed by atoms with van der Waals surface area (Å²) in [5, 5.41) is 0. The van der Waals surface area contributed by atoms with Crippen molar-refractivity contribution in [2.24, 2.45) is 0 Å². The third-order valence-electron chi connectivity index (χ3n) is 6.61. The van der Waals surface area contributed by atoms with Crippen LogP contribution in [-0.4, -0.2) is 51.5 Å². The van der Waals surface area contributed by atoms with E-state index < -0.39 is 15.6 Å². The molecule has 1 fully saturated rings. The number of halogens is 3. The normalized spacial score (nSPS) is 18.5. The molecule has 4 rings (SSSR count). The summed E-state index contributed by atoms with van der Waals surface area (Å²) in [5.74, 6) is 0.284. The van der Waals surface area contributed by atoms with Crippen molar-refractivity contribution in [3.05, 3.63) is 59.7 Å². The number of anilines is 1. The number of benzene rings is 2. The molecule has 1 aliphatic heterocycles. The predicted octanol–water partition coefficient (Wildman–Crippen LogP) is 5.96. The molecule has 1 atom stereocenters. The Morgan fingerprint density at radius 3 is 2.17 bits per heavy atom. The Morgan fingerprint density at radius 2 is 1.57 bits per heavy atom. The van der Waals surface area contributed by atoms with E-state index in [1.807, 2.05) is 0 Å². The third kappa shape index (κ3) is 7.36. The van der Waals surface area contributed by atoms with Crippen LogP contribution >= 0.6 is 0 Å². The van der Waals surface area contributed by atoms with E-state index in [1.165, 1.54) is 48.9 Å². The topological polar surface area (TPSA) is 49.9 Å². The Hall–Kier alpha value is -2.26. The van der Waals surface area contributed by atoms with Gasteiger partial charge in [0.15, 0.2) is 0 Å². The number of nitrogens with zero attached hydrogens (tertiary/aromatic N) is 2. The zero-order valence-corrected chi connectivity index (χ0v) is 21.2. The smallest absolute Gasteiger partial charge is 0.376 e. The first-order chi connectivity index (χ1) is 16.6. The van der Waals surface area contributed by atoms with E-state index in [0.29, 0.717) is 5.92 Å². The van der Waals surface area contributed by atoms with Crippen molar-refractivity contribution < 1.29 is 25.8 Å². The van der Waals surface area contributed by atoms with Gasteiger partial charge in [-0.2, -0.15) is 21.6 Å². The SMILES string of the molecule is CCCC.O=S(=O)(Oc1ccc(N2CCN(CCC3CCc4ccccc43)CC2)cc1)C(F)(F)F. The lowest BCUT2D eigenvalue weighted by molar-refractivity contribution is -0.0500. The fourth-order valence-electron chi connectivity index (χ4n) is 4.40. The van der Waals surface area contributed by atoms with Crippen LogP contribution in [-0.2, 0) is 16.5 Å². The second kappa shape index (κ2) is 12.1. The Balaban J connectivity index is 0.000000795. The molecular weight excluding hydrogens is 477 g/mol. The summed E-state index contributed by atoms with van der Waals surface area (Å²) in [6, 6.07) is 14.4. The molecule has 1 aliphatic carbocycles. The minimum absolute atomic E-state index is 0.350. The first-order valence-corrected chi connectivity index (χ1v) is 13.7. The largest absolute Gasteiger partial charge is 0.534 e. The fourth-order valence-corrected chi connectivity index (χ4v) is 4.86. The van der Waals surface area contributed by atoms with Crippen molar-refractivity contribution in [1.82, 2.24) is 4.90 Å². The fraction of sp³-hybridized carbons (Fsp3) is 0.538. The van der Waals surface area contributed by atoms with E-state index in [4.69, 9.17) is 0 Å².